The molecule has 0 saturated carbocycles. The van der Waals surface area contributed by atoms with Gasteiger partial charge in [-0.3, -0.25) is 0 Å². The molecule has 0 fully saturated rings. The van der Waals surface area contributed by atoms with Gasteiger partial charge in [-0.15, -0.1) is 0 Å². The highest BCUT2D eigenvalue weighted by Crippen LogP contribution is 2.42. The largest absolute Gasteiger partial charge is 1.00 e. The van der Waals surface area contributed by atoms with Crippen molar-refractivity contribution >= 4 is 32.4 Å². The summed E-state index contributed by atoms with van der Waals surface area (Å²) in [5, 5.41) is 5.66. The molecule has 3 heterocycles. The van der Waals surface area contributed by atoms with E-state index in [1.165, 1.54) is 5.39 Å². The zero-order valence-electron chi connectivity index (χ0n) is 14.9. The summed E-state index contributed by atoms with van der Waals surface area (Å²) < 4.78 is 24.4. The van der Waals surface area contributed by atoms with Crippen molar-refractivity contribution in [2.24, 2.45) is 7.05 Å². The molecule has 4 N–H and O–H groups in total. The van der Waals surface area contributed by atoms with Crippen LogP contribution >= 0.6 is 0 Å². The lowest BCUT2D eigenvalue weighted by molar-refractivity contribution is -0.642. The van der Waals surface area contributed by atoms with Gasteiger partial charge in [0.15, 0.2) is 29.2 Å². The van der Waals surface area contributed by atoms with Crippen molar-refractivity contribution in [1.82, 2.24) is 0 Å². The Morgan fingerprint density at radius 2 is 1.39 bits per heavy atom. The maximum atomic E-state index is 5.69. The zero-order chi connectivity index (χ0) is 16.5. The summed E-state index contributed by atoms with van der Waals surface area (Å²) in [5.74, 6) is 3.22. The Morgan fingerprint density at radius 3 is 2.21 bits per heavy atom. The molecule has 28 heavy (non-hydrogen) atoms. The Labute approximate surface area is 166 Å². The van der Waals surface area contributed by atoms with E-state index < -0.39 is 0 Å². The van der Waals surface area contributed by atoms with Gasteiger partial charge >= 0.3 is 0 Å². The van der Waals surface area contributed by atoms with E-state index in [4.69, 9.17) is 18.9 Å². The van der Waals surface area contributed by atoms with Gasteiger partial charge in [-0.25, -0.2) is 0 Å². The van der Waals surface area contributed by atoms with Crippen molar-refractivity contribution in [3.63, 3.8) is 0 Å². The molecular weight excluding hydrogens is 386 g/mol. The van der Waals surface area contributed by atoms with E-state index in [0.29, 0.717) is 0 Å². The number of pyridine rings is 1. The fourth-order valence-electron chi connectivity index (χ4n) is 3.91. The van der Waals surface area contributed by atoms with Crippen molar-refractivity contribution < 1.29 is 46.9 Å². The highest BCUT2D eigenvalue weighted by Gasteiger charge is 2.24. The van der Waals surface area contributed by atoms with Gasteiger partial charge in [0.25, 0.3) is 0 Å². The number of benzene rings is 3. The Morgan fingerprint density at radius 1 is 0.714 bits per heavy atom. The number of hydrogen-bond acceptors (Lipinski definition) is 4. The van der Waals surface area contributed by atoms with E-state index in [-0.39, 0.29) is 36.9 Å². The van der Waals surface area contributed by atoms with Gasteiger partial charge in [0.05, 0.1) is 16.2 Å². The predicted molar refractivity (Wildman–Crippen MR) is 99.6 cm³/mol. The molecular formula is C20H18ClNO6. The SMILES string of the molecule is C[n+]1cc2c3c(ccc2c2ccc4cc5c(cc4c21)OCO5)OCO3.O.O.[Cl-]. The molecule has 0 saturated heterocycles. The Balaban J connectivity index is 0.000000750. The quantitative estimate of drug-likeness (QED) is 0.271. The van der Waals surface area contributed by atoms with Crippen LogP contribution in [-0.2, 0) is 7.05 Å². The maximum Gasteiger partial charge on any atom is 0.231 e. The minimum absolute atomic E-state index is 0. The lowest BCUT2D eigenvalue weighted by atomic mass is 10.00. The molecule has 0 amide bonds. The molecule has 0 atom stereocenters. The van der Waals surface area contributed by atoms with Crippen LogP contribution in [-0.4, -0.2) is 24.5 Å². The number of hydrogen-bond donors (Lipinski definition) is 0. The summed E-state index contributed by atoms with van der Waals surface area (Å²) in [6.07, 6.45) is 2.11. The van der Waals surface area contributed by atoms with Crippen LogP contribution < -0.4 is 35.9 Å². The molecule has 6 rings (SSSR count). The third kappa shape index (κ3) is 2.48. The van der Waals surface area contributed by atoms with Crippen LogP contribution in [0.3, 0.4) is 0 Å². The van der Waals surface area contributed by atoms with Gasteiger partial charge in [-0.05, 0) is 35.7 Å². The van der Waals surface area contributed by atoms with Crippen molar-refractivity contribution in [2.45, 2.75) is 0 Å². The first kappa shape index (κ1) is 19.8. The summed E-state index contributed by atoms with van der Waals surface area (Å²) in [4.78, 5) is 0. The molecule has 146 valence electrons. The minimum Gasteiger partial charge on any atom is -1.00 e. The Bertz CT molecular complexity index is 1230. The second kappa shape index (κ2) is 6.87. The third-order valence-electron chi connectivity index (χ3n) is 5.03. The van der Waals surface area contributed by atoms with E-state index in [1.54, 1.807) is 0 Å². The van der Waals surface area contributed by atoms with E-state index >= 15 is 0 Å². The molecule has 4 aromatic rings. The van der Waals surface area contributed by atoms with Gasteiger partial charge in [-0.1, -0.05) is 6.07 Å². The molecule has 2 aliphatic rings. The standard InChI is InChI=1S/C20H14NO4.ClH.2H2O/c1-21-8-15-12(4-5-16-20(15)25-10-22-16)13-3-2-11-6-17-18(24-9-23-17)7-14(11)19(13)21;;;/h2-8H,9-10H2,1H3;1H;2*1H2/q+1;;;/p-1. The van der Waals surface area contributed by atoms with Crippen LogP contribution in [0, 0.1) is 0 Å². The summed E-state index contributed by atoms with van der Waals surface area (Å²) in [6.45, 7) is 0.555. The first-order chi connectivity index (χ1) is 12.3. The zero-order valence-corrected chi connectivity index (χ0v) is 15.7. The Kier molecular flexibility index (Phi) is 4.84. The van der Waals surface area contributed by atoms with Gasteiger partial charge < -0.3 is 42.3 Å². The van der Waals surface area contributed by atoms with Crippen molar-refractivity contribution in [3.05, 3.63) is 42.6 Å². The van der Waals surface area contributed by atoms with Crippen LogP contribution in [0.2, 0.25) is 0 Å². The average Bonchev–Trinajstić information content (AvgIpc) is 3.28. The number of aryl methyl sites for hydroxylation is 1. The van der Waals surface area contributed by atoms with E-state index in [1.807, 2.05) is 12.1 Å². The molecule has 1 aromatic heterocycles. The summed E-state index contributed by atoms with van der Waals surface area (Å²) in [5.41, 5.74) is 1.15. The van der Waals surface area contributed by atoms with Gasteiger partial charge in [0.1, 0.15) is 7.05 Å². The third-order valence-corrected chi connectivity index (χ3v) is 5.03. The number of aromatic nitrogens is 1. The van der Waals surface area contributed by atoms with E-state index in [9.17, 15) is 0 Å². The number of halogens is 1. The van der Waals surface area contributed by atoms with E-state index in [0.717, 1.165) is 50.1 Å². The van der Waals surface area contributed by atoms with Gasteiger partial charge in [-0.2, -0.15) is 4.57 Å². The van der Waals surface area contributed by atoms with Crippen LogP contribution in [0.4, 0.5) is 0 Å². The summed E-state index contributed by atoms with van der Waals surface area (Å²) in [7, 11) is 2.06. The van der Waals surface area contributed by atoms with Gasteiger partial charge in [0, 0.05) is 5.39 Å². The van der Waals surface area contributed by atoms with Crippen molar-refractivity contribution in [3.8, 4) is 23.0 Å². The molecule has 0 radical (unpaired) electrons. The normalized spacial score (nSPS) is 13.2. The highest BCUT2D eigenvalue weighted by atomic mass is 35.5. The second-order valence-corrected chi connectivity index (χ2v) is 6.39. The Hall–Kier alpha value is -3.00. The molecule has 2 aliphatic heterocycles. The van der Waals surface area contributed by atoms with Crippen molar-refractivity contribution in [1.29, 1.82) is 0 Å². The summed E-state index contributed by atoms with van der Waals surface area (Å²) in [6, 6.07) is 12.5. The number of nitrogens with zero attached hydrogens (tertiary/aromatic N) is 1. The first-order valence-corrected chi connectivity index (χ1v) is 8.16. The monoisotopic (exact) mass is 403 g/mol. The lowest BCUT2D eigenvalue weighted by Crippen LogP contribution is -3.00. The second-order valence-electron chi connectivity index (χ2n) is 6.39. The molecule has 3 aromatic carbocycles. The predicted octanol–water partition coefficient (Wildman–Crippen LogP) is -1.22. The molecule has 0 unspecified atom stereocenters. The fraction of sp³-hybridized carbons (Fsp3) is 0.150. The fourth-order valence-corrected chi connectivity index (χ4v) is 3.91. The molecule has 7 nitrogen and oxygen atoms in total. The average molecular weight is 404 g/mol. The minimum atomic E-state index is 0. The summed E-state index contributed by atoms with van der Waals surface area (Å²) >= 11 is 0. The molecule has 0 bridgehead atoms. The maximum absolute atomic E-state index is 5.69. The van der Waals surface area contributed by atoms with Crippen LogP contribution in [0.15, 0.2) is 42.6 Å². The molecule has 8 heteroatoms. The van der Waals surface area contributed by atoms with Gasteiger partial charge in [0.2, 0.25) is 19.1 Å². The lowest BCUT2D eigenvalue weighted by Gasteiger charge is -2.08. The highest BCUT2D eigenvalue weighted by molar-refractivity contribution is 6.15. The first-order valence-electron chi connectivity index (χ1n) is 8.16. The number of ether oxygens (including phenoxy) is 4. The van der Waals surface area contributed by atoms with Crippen LogP contribution in [0.5, 0.6) is 23.0 Å². The molecule has 0 aliphatic carbocycles. The smallest absolute Gasteiger partial charge is 0.231 e. The molecule has 0 spiro atoms. The number of rotatable bonds is 0. The topological polar surface area (TPSA) is 104 Å². The number of fused-ring (bicyclic) bond motifs is 8. The van der Waals surface area contributed by atoms with E-state index in [2.05, 4.69) is 42.1 Å². The van der Waals surface area contributed by atoms with Crippen molar-refractivity contribution in [2.75, 3.05) is 13.6 Å². The van der Waals surface area contributed by atoms with Crippen LogP contribution in [0.1, 0.15) is 0 Å². The van der Waals surface area contributed by atoms with Crippen LogP contribution in [0.25, 0.3) is 32.4 Å².